The zero-order chi connectivity index (χ0) is 11.3. The lowest BCUT2D eigenvalue weighted by Gasteiger charge is -2.14. The smallest absolute Gasteiger partial charge is 0.265 e. The van der Waals surface area contributed by atoms with E-state index in [4.69, 9.17) is 4.84 Å². The Hall–Kier alpha value is -1.07. The lowest BCUT2D eigenvalue weighted by Crippen LogP contribution is -2.31. The average molecular weight is 273 g/mol. The van der Waals surface area contributed by atoms with Crippen LogP contribution in [-0.4, -0.2) is 31.7 Å². The number of anilines is 1. The van der Waals surface area contributed by atoms with Crippen LogP contribution in [0.1, 0.15) is 0 Å². The van der Waals surface area contributed by atoms with Crippen LogP contribution in [0.2, 0.25) is 0 Å². The van der Waals surface area contributed by atoms with Gasteiger partial charge in [-0.25, -0.2) is 5.06 Å². The van der Waals surface area contributed by atoms with Crippen molar-refractivity contribution in [2.45, 2.75) is 0 Å². The van der Waals surface area contributed by atoms with Gasteiger partial charge in [0.25, 0.3) is 5.91 Å². The molecule has 1 aromatic carbocycles. The van der Waals surface area contributed by atoms with Crippen LogP contribution in [-0.2, 0) is 9.63 Å². The minimum Gasteiger partial charge on any atom is -0.376 e. The van der Waals surface area contributed by atoms with Gasteiger partial charge < -0.3 is 5.32 Å². The molecule has 0 aliphatic heterocycles. The van der Waals surface area contributed by atoms with Gasteiger partial charge in [-0.3, -0.25) is 9.63 Å². The second kappa shape index (κ2) is 5.72. The van der Waals surface area contributed by atoms with Gasteiger partial charge in [0.15, 0.2) is 0 Å². The van der Waals surface area contributed by atoms with Crippen molar-refractivity contribution in [2.24, 2.45) is 0 Å². The molecule has 0 fully saturated rings. The van der Waals surface area contributed by atoms with Gasteiger partial charge in [-0.05, 0) is 24.3 Å². The number of benzene rings is 1. The Kier molecular flexibility index (Phi) is 4.58. The highest BCUT2D eigenvalue weighted by Gasteiger charge is 2.06. The monoisotopic (exact) mass is 272 g/mol. The molecule has 0 atom stereocenters. The second-order valence-corrected chi connectivity index (χ2v) is 3.85. The van der Waals surface area contributed by atoms with Gasteiger partial charge >= 0.3 is 0 Å². The molecule has 0 aliphatic rings. The maximum atomic E-state index is 11.3. The van der Waals surface area contributed by atoms with Crippen molar-refractivity contribution in [1.29, 1.82) is 0 Å². The van der Waals surface area contributed by atoms with Crippen LogP contribution >= 0.6 is 15.9 Å². The fraction of sp³-hybridized carbons (Fsp3) is 0.300. The summed E-state index contributed by atoms with van der Waals surface area (Å²) < 4.78 is 1.01. The number of likely N-dealkylation sites (N-methyl/N-ethyl adjacent to an activating group) is 1. The molecular formula is C10H13BrN2O2. The highest BCUT2D eigenvalue weighted by Crippen LogP contribution is 2.13. The van der Waals surface area contributed by atoms with Crippen molar-refractivity contribution in [2.75, 3.05) is 26.0 Å². The molecule has 82 valence electrons. The van der Waals surface area contributed by atoms with Crippen molar-refractivity contribution >= 4 is 27.5 Å². The van der Waals surface area contributed by atoms with Gasteiger partial charge in [-0.15, -0.1) is 0 Å². The standard InChI is InChI=1S/C10H13BrN2O2/c1-13(15-2)10(14)7-12-9-5-3-8(11)4-6-9/h3-6,12H,7H2,1-2H3. The molecule has 1 aromatic rings. The third-order valence-corrected chi connectivity index (χ3v) is 2.44. The van der Waals surface area contributed by atoms with Crippen molar-refractivity contribution in [3.63, 3.8) is 0 Å². The van der Waals surface area contributed by atoms with E-state index in [1.807, 2.05) is 24.3 Å². The third-order valence-electron chi connectivity index (χ3n) is 1.91. The summed E-state index contributed by atoms with van der Waals surface area (Å²) in [6, 6.07) is 7.61. The molecule has 0 bridgehead atoms. The Morgan fingerprint density at radius 1 is 1.47 bits per heavy atom. The van der Waals surface area contributed by atoms with Gasteiger partial charge in [-0.2, -0.15) is 0 Å². The molecular weight excluding hydrogens is 260 g/mol. The highest BCUT2D eigenvalue weighted by molar-refractivity contribution is 9.10. The summed E-state index contributed by atoms with van der Waals surface area (Å²) in [6.45, 7) is 0.214. The van der Waals surface area contributed by atoms with Crippen LogP contribution in [0.4, 0.5) is 5.69 Å². The molecule has 0 unspecified atom stereocenters. The lowest BCUT2D eigenvalue weighted by molar-refractivity contribution is -0.166. The fourth-order valence-electron chi connectivity index (χ4n) is 0.959. The zero-order valence-electron chi connectivity index (χ0n) is 8.66. The van der Waals surface area contributed by atoms with E-state index in [1.165, 1.54) is 12.2 Å². The first-order valence-corrected chi connectivity index (χ1v) is 5.23. The molecule has 1 rings (SSSR count). The molecule has 4 nitrogen and oxygen atoms in total. The van der Waals surface area contributed by atoms with E-state index >= 15 is 0 Å². The topological polar surface area (TPSA) is 41.6 Å². The summed E-state index contributed by atoms with van der Waals surface area (Å²) in [6.07, 6.45) is 0. The van der Waals surface area contributed by atoms with Gasteiger partial charge in [0.1, 0.15) is 0 Å². The molecule has 0 saturated carbocycles. The van der Waals surface area contributed by atoms with E-state index in [-0.39, 0.29) is 12.5 Å². The zero-order valence-corrected chi connectivity index (χ0v) is 10.2. The van der Waals surface area contributed by atoms with Crippen molar-refractivity contribution in [1.82, 2.24) is 5.06 Å². The molecule has 0 spiro atoms. The summed E-state index contributed by atoms with van der Waals surface area (Å²) in [5.41, 5.74) is 0.899. The van der Waals surface area contributed by atoms with E-state index < -0.39 is 0 Å². The van der Waals surface area contributed by atoms with E-state index in [0.717, 1.165) is 10.2 Å². The first-order valence-electron chi connectivity index (χ1n) is 4.43. The van der Waals surface area contributed by atoms with Crippen molar-refractivity contribution in [3.05, 3.63) is 28.7 Å². The molecule has 0 heterocycles. The highest BCUT2D eigenvalue weighted by atomic mass is 79.9. The Labute approximate surface area is 97.3 Å². The molecule has 0 aliphatic carbocycles. The molecule has 0 aromatic heterocycles. The number of amides is 1. The van der Waals surface area contributed by atoms with Crippen molar-refractivity contribution < 1.29 is 9.63 Å². The number of carbonyl (C=O) groups excluding carboxylic acids is 1. The number of halogens is 1. The first kappa shape index (κ1) is 12.0. The number of hydrogen-bond acceptors (Lipinski definition) is 3. The quantitative estimate of drug-likeness (QED) is 0.852. The van der Waals surface area contributed by atoms with Gasteiger partial charge in [0, 0.05) is 17.2 Å². The number of rotatable bonds is 4. The first-order chi connectivity index (χ1) is 7.13. The minimum absolute atomic E-state index is 0.125. The van der Waals surface area contributed by atoms with Crippen LogP contribution in [0.5, 0.6) is 0 Å². The average Bonchev–Trinajstić information content (AvgIpc) is 2.26. The molecule has 15 heavy (non-hydrogen) atoms. The van der Waals surface area contributed by atoms with Crippen LogP contribution in [0.25, 0.3) is 0 Å². The van der Waals surface area contributed by atoms with Crippen LogP contribution in [0.3, 0.4) is 0 Å². The van der Waals surface area contributed by atoms with E-state index in [9.17, 15) is 4.79 Å². The number of carbonyl (C=O) groups is 1. The Morgan fingerprint density at radius 2 is 2.07 bits per heavy atom. The Morgan fingerprint density at radius 3 is 2.60 bits per heavy atom. The van der Waals surface area contributed by atoms with Gasteiger partial charge in [0.05, 0.1) is 13.7 Å². The van der Waals surface area contributed by atoms with Crippen LogP contribution in [0.15, 0.2) is 28.7 Å². The normalized spacial score (nSPS) is 9.80. The summed E-state index contributed by atoms with van der Waals surface area (Å²) in [5.74, 6) is -0.125. The van der Waals surface area contributed by atoms with Crippen LogP contribution in [0, 0.1) is 0 Å². The third kappa shape index (κ3) is 3.89. The summed E-state index contributed by atoms with van der Waals surface area (Å²) in [5, 5.41) is 4.18. The summed E-state index contributed by atoms with van der Waals surface area (Å²) in [4.78, 5) is 16.1. The largest absolute Gasteiger partial charge is 0.376 e. The van der Waals surface area contributed by atoms with E-state index in [0.29, 0.717) is 0 Å². The number of hydrogen-bond donors (Lipinski definition) is 1. The maximum absolute atomic E-state index is 11.3. The predicted molar refractivity (Wildman–Crippen MR) is 62.4 cm³/mol. The summed E-state index contributed by atoms with van der Waals surface area (Å²) in [7, 11) is 3.03. The van der Waals surface area contributed by atoms with E-state index in [2.05, 4.69) is 21.2 Å². The maximum Gasteiger partial charge on any atom is 0.265 e. The van der Waals surface area contributed by atoms with Crippen LogP contribution < -0.4 is 5.32 Å². The number of nitrogens with one attached hydrogen (secondary N) is 1. The van der Waals surface area contributed by atoms with Crippen molar-refractivity contribution in [3.8, 4) is 0 Å². The molecule has 0 saturated heterocycles. The van der Waals surface area contributed by atoms with E-state index in [1.54, 1.807) is 7.05 Å². The Balaban J connectivity index is 2.43. The molecule has 1 N–H and O–H groups in total. The molecule has 1 amide bonds. The summed E-state index contributed by atoms with van der Waals surface area (Å²) >= 11 is 3.34. The van der Waals surface area contributed by atoms with Gasteiger partial charge in [0.2, 0.25) is 0 Å². The second-order valence-electron chi connectivity index (χ2n) is 2.93. The molecule has 5 heteroatoms. The number of nitrogens with zero attached hydrogens (tertiary/aromatic N) is 1. The SMILES string of the molecule is CON(C)C(=O)CNc1ccc(Br)cc1. The predicted octanol–water partition coefficient (Wildman–Crippen LogP) is 1.88. The Bertz CT molecular complexity index is 327. The fourth-order valence-corrected chi connectivity index (χ4v) is 1.22. The number of hydroxylamine groups is 2. The lowest BCUT2D eigenvalue weighted by atomic mass is 10.3. The minimum atomic E-state index is -0.125. The van der Waals surface area contributed by atoms with Gasteiger partial charge in [-0.1, -0.05) is 15.9 Å². The molecule has 0 radical (unpaired) electrons.